The third kappa shape index (κ3) is 2.71. The van der Waals surface area contributed by atoms with Crippen molar-refractivity contribution in [2.45, 2.75) is 19.1 Å². The number of nitrogens with one attached hydrogen (secondary N) is 1. The standard InChI is InChI=1S/C12H16N2OS/c1-12(15)8-14(9-12)11(16)13-7-10-5-3-2-4-6-10/h2-6,15H,7-9H2,1H3,(H,13,16). The first-order chi connectivity index (χ1) is 7.57. The molecule has 1 heterocycles. The van der Waals surface area contributed by atoms with Crippen LogP contribution in [0, 0.1) is 0 Å². The number of β-amino-alcohol motifs (C(OH)–C–C–N with tert-alkyl or cyclic N) is 1. The quantitative estimate of drug-likeness (QED) is 0.755. The molecular formula is C12H16N2OS. The Hall–Kier alpha value is -1.13. The van der Waals surface area contributed by atoms with Crippen molar-refractivity contribution < 1.29 is 5.11 Å². The molecule has 0 aliphatic carbocycles. The Kier molecular flexibility index (Phi) is 3.12. The van der Waals surface area contributed by atoms with Crippen LogP contribution in [0.15, 0.2) is 30.3 Å². The zero-order valence-corrected chi connectivity index (χ0v) is 10.1. The van der Waals surface area contributed by atoms with Crippen LogP contribution in [0.1, 0.15) is 12.5 Å². The van der Waals surface area contributed by atoms with Crippen molar-refractivity contribution in [3.8, 4) is 0 Å². The van der Waals surface area contributed by atoms with Gasteiger partial charge in [-0.15, -0.1) is 0 Å². The van der Waals surface area contributed by atoms with Crippen molar-refractivity contribution in [1.29, 1.82) is 0 Å². The van der Waals surface area contributed by atoms with E-state index in [9.17, 15) is 5.11 Å². The SMILES string of the molecule is CC1(O)CN(C(=S)NCc2ccccc2)C1. The predicted molar refractivity (Wildman–Crippen MR) is 68.1 cm³/mol. The normalized spacial score (nSPS) is 17.8. The minimum atomic E-state index is -0.571. The molecule has 1 fully saturated rings. The monoisotopic (exact) mass is 236 g/mol. The number of hydrogen-bond donors (Lipinski definition) is 2. The van der Waals surface area contributed by atoms with Gasteiger partial charge in [0.15, 0.2) is 5.11 Å². The van der Waals surface area contributed by atoms with Crippen LogP contribution in [0.5, 0.6) is 0 Å². The average molecular weight is 236 g/mol. The van der Waals surface area contributed by atoms with Gasteiger partial charge in [0.2, 0.25) is 0 Å². The minimum Gasteiger partial charge on any atom is -0.386 e. The van der Waals surface area contributed by atoms with Crippen molar-refractivity contribution in [3.63, 3.8) is 0 Å². The summed E-state index contributed by atoms with van der Waals surface area (Å²) in [7, 11) is 0. The molecule has 1 aromatic rings. The average Bonchev–Trinajstić information content (AvgIpc) is 2.24. The molecule has 0 radical (unpaired) electrons. The molecular weight excluding hydrogens is 220 g/mol. The first-order valence-electron chi connectivity index (χ1n) is 5.36. The molecule has 0 unspecified atom stereocenters. The first-order valence-corrected chi connectivity index (χ1v) is 5.77. The van der Waals surface area contributed by atoms with Crippen LogP contribution < -0.4 is 5.32 Å². The summed E-state index contributed by atoms with van der Waals surface area (Å²) in [5.74, 6) is 0. The number of thiocarbonyl (C=S) groups is 1. The number of rotatable bonds is 2. The lowest BCUT2D eigenvalue weighted by molar-refractivity contribution is -0.0499. The second-order valence-corrected chi connectivity index (χ2v) is 4.88. The van der Waals surface area contributed by atoms with Gasteiger partial charge < -0.3 is 15.3 Å². The molecule has 0 bridgehead atoms. The highest BCUT2D eigenvalue weighted by atomic mass is 32.1. The van der Waals surface area contributed by atoms with E-state index < -0.39 is 5.60 Å². The molecule has 86 valence electrons. The molecule has 0 atom stereocenters. The topological polar surface area (TPSA) is 35.5 Å². The van der Waals surface area contributed by atoms with E-state index in [2.05, 4.69) is 17.4 Å². The van der Waals surface area contributed by atoms with Gasteiger partial charge in [-0.3, -0.25) is 0 Å². The van der Waals surface area contributed by atoms with Gasteiger partial charge in [-0.2, -0.15) is 0 Å². The number of likely N-dealkylation sites (tertiary alicyclic amines) is 1. The summed E-state index contributed by atoms with van der Waals surface area (Å²) >= 11 is 5.23. The van der Waals surface area contributed by atoms with E-state index in [0.717, 1.165) is 11.7 Å². The molecule has 0 aromatic heterocycles. The van der Waals surface area contributed by atoms with Gasteiger partial charge in [0.25, 0.3) is 0 Å². The van der Waals surface area contributed by atoms with Gasteiger partial charge in [0.05, 0.1) is 18.7 Å². The Balaban J connectivity index is 1.77. The number of nitrogens with zero attached hydrogens (tertiary/aromatic N) is 1. The largest absolute Gasteiger partial charge is 0.386 e. The second kappa shape index (κ2) is 4.39. The molecule has 0 saturated carbocycles. The summed E-state index contributed by atoms with van der Waals surface area (Å²) in [4.78, 5) is 1.97. The van der Waals surface area contributed by atoms with Gasteiger partial charge in [-0.25, -0.2) is 0 Å². The van der Waals surface area contributed by atoms with Crippen molar-refractivity contribution >= 4 is 17.3 Å². The van der Waals surface area contributed by atoms with Crippen molar-refractivity contribution in [3.05, 3.63) is 35.9 Å². The Morgan fingerprint density at radius 1 is 1.44 bits per heavy atom. The summed E-state index contributed by atoms with van der Waals surface area (Å²) in [5.41, 5.74) is 0.635. The molecule has 1 aromatic carbocycles. The van der Waals surface area contributed by atoms with Gasteiger partial charge in [-0.1, -0.05) is 30.3 Å². The summed E-state index contributed by atoms with van der Waals surface area (Å²) in [6.07, 6.45) is 0. The molecule has 1 aliphatic heterocycles. The summed E-state index contributed by atoms with van der Waals surface area (Å²) in [6, 6.07) is 10.1. The summed E-state index contributed by atoms with van der Waals surface area (Å²) in [6.45, 7) is 3.79. The van der Waals surface area contributed by atoms with E-state index in [0.29, 0.717) is 13.1 Å². The zero-order valence-electron chi connectivity index (χ0n) is 9.31. The van der Waals surface area contributed by atoms with Crippen LogP contribution >= 0.6 is 12.2 Å². The molecule has 0 amide bonds. The second-order valence-electron chi connectivity index (χ2n) is 4.50. The van der Waals surface area contributed by atoms with Crippen molar-refractivity contribution in [2.75, 3.05) is 13.1 Å². The first kappa shape index (κ1) is 11.4. The third-order valence-corrected chi connectivity index (χ3v) is 3.04. The fourth-order valence-corrected chi connectivity index (χ4v) is 2.01. The summed E-state index contributed by atoms with van der Waals surface area (Å²) < 4.78 is 0. The maximum absolute atomic E-state index is 9.59. The molecule has 2 rings (SSSR count). The number of aliphatic hydroxyl groups is 1. The zero-order chi connectivity index (χ0) is 11.6. The van der Waals surface area contributed by atoms with Crippen molar-refractivity contribution in [2.24, 2.45) is 0 Å². The van der Waals surface area contributed by atoms with Gasteiger partial charge in [0, 0.05) is 6.54 Å². The van der Waals surface area contributed by atoms with Gasteiger partial charge >= 0.3 is 0 Å². The minimum absolute atomic E-state index is 0.571. The Morgan fingerprint density at radius 2 is 2.06 bits per heavy atom. The molecule has 16 heavy (non-hydrogen) atoms. The van der Waals surface area contributed by atoms with E-state index in [-0.39, 0.29) is 0 Å². The van der Waals surface area contributed by atoms with Crippen LogP contribution in [0.25, 0.3) is 0 Å². The molecule has 1 aliphatic rings. The summed E-state index contributed by atoms with van der Waals surface area (Å²) in [5, 5.41) is 13.5. The van der Waals surface area contributed by atoms with E-state index >= 15 is 0 Å². The third-order valence-electron chi connectivity index (χ3n) is 2.64. The Morgan fingerprint density at radius 3 is 2.62 bits per heavy atom. The van der Waals surface area contributed by atoms with Crippen LogP contribution in [0.4, 0.5) is 0 Å². The van der Waals surface area contributed by atoms with Crippen LogP contribution in [0.2, 0.25) is 0 Å². The molecule has 4 heteroatoms. The van der Waals surface area contributed by atoms with Gasteiger partial charge in [0.1, 0.15) is 0 Å². The smallest absolute Gasteiger partial charge is 0.169 e. The predicted octanol–water partition coefficient (Wildman–Crippen LogP) is 1.13. The fraction of sp³-hybridized carbons (Fsp3) is 0.417. The van der Waals surface area contributed by atoms with Crippen LogP contribution in [-0.4, -0.2) is 33.8 Å². The molecule has 2 N–H and O–H groups in total. The van der Waals surface area contributed by atoms with E-state index in [4.69, 9.17) is 12.2 Å². The lowest BCUT2D eigenvalue weighted by Crippen LogP contribution is -2.63. The highest BCUT2D eigenvalue weighted by molar-refractivity contribution is 7.80. The number of benzene rings is 1. The lowest BCUT2D eigenvalue weighted by Gasteiger charge is -2.45. The Bertz CT molecular complexity index is 370. The van der Waals surface area contributed by atoms with Crippen molar-refractivity contribution in [1.82, 2.24) is 10.2 Å². The maximum atomic E-state index is 9.59. The Labute approximate surface area is 101 Å². The molecule has 3 nitrogen and oxygen atoms in total. The number of hydrogen-bond acceptors (Lipinski definition) is 2. The molecule has 1 saturated heterocycles. The van der Waals surface area contributed by atoms with Crippen LogP contribution in [0.3, 0.4) is 0 Å². The van der Waals surface area contributed by atoms with E-state index in [1.165, 1.54) is 5.56 Å². The molecule has 0 spiro atoms. The maximum Gasteiger partial charge on any atom is 0.169 e. The highest BCUT2D eigenvalue weighted by Crippen LogP contribution is 2.19. The fourth-order valence-electron chi connectivity index (χ4n) is 1.80. The lowest BCUT2D eigenvalue weighted by atomic mass is 9.98. The van der Waals surface area contributed by atoms with Crippen LogP contribution in [-0.2, 0) is 6.54 Å². The van der Waals surface area contributed by atoms with E-state index in [1.54, 1.807) is 0 Å². The van der Waals surface area contributed by atoms with E-state index in [1.807, 2.05) is 30.0 Å². The highest BCUT2D eigenvalue weighted by Gasteiger charge is 2.37. The van der Waals surface area contributed by atoms with Gasteiger partial charge in [-0.05, 0) is 24.7 Å².